The quantitative estimate of drug-likeness (QED) is 0.687. The van der Waals surface area contributed by atoms with Crippen molar-refractivity contribution < 1.29 is 8.78 Å². The minimum Gasteiger partial charge on any atom is -0.205 e. The van der Waals surface area contributed by atoms with Gasteiger partial charge in [0.15, 0.2) is 0 Å². The molecular formula is C10H9F2N. The van der Waals surface area contributed by atoms with Crippen molar-refractivity contribution in [1.82, 2.24) is 0 Å². The zero-order valence-corrected chi connectivity index (χ0v) is 7.22. The smallest absolute Gasteiger partial charge is 0.205 e. The Morgan fingerprint density at radius 1 is 1.46 bits per heavy atom. The standard InChI is InChI=1S/C10H9F2N/c1-2-8-7(6-13)4-3-5-9(8)10(11)12/h3-5,10H,2H2,1H3. The Morgan fingerprint density at radius 3 is 2.62 bits per heavy atom. The van der Waals surface area contributed by atoms with Crippen molar-refractivity contribution in [2.45, 2.75) is 19.8 Å². The van der Waals surface area contributed by atoms with Crippen LogP contribution < -0.4 is 0 Å². The van der Waals surface area contributed by atoms with Gasteiger partial charge in [0.05, 0.1) is 11.6 Å². The van der Waals surface area contributed by atoms with E-state index in [2.05, 4.69) is 0 Å². The molecule has 0 radical (unpaired) electrons. The highest BCUT2D eigenvalue weighted by atomic mass is 19.3. The van der Waals surface area contributed by atoms with E-state index < -0.39 is 6.43 Å². The zero-order valence-electron chi connectivity index (χ0n) is 7.22. The van der Waals surface area contributed by atoms with Crippen LogP contribution in [0.1, 0.15) is 30.0 Å². The number of hydrogen-bond donors (Lipinski definition) is 0. The lowest BCUT2D eigenvalue weighted by molar-refractivity contribution is 0.150. The second-order valence-electron chi connectivity index (χ2n) is 2.64. The Balaban J connectivity index is 3.29. The first-order chi connectivity index (χ1) is 6.20. The van der Waals surface area contributed by atoms with Crippen molar-refractivity contribution in [3.63, 3.8) is 0 Å². The highest BCUT2D eigenvalue weighted by Gasteiger charge is 2.13. The number of nitriles is 1. The number of halogens is 2. The minimum absolute atomic E-state index is 0.0263. The molecule has 3 heteroatoms. The molecule has 0 atom stereocenters. The van der Waals surface area contributed by atoms with Gasteiger partial charge in [-0.2, -0.15) is 5.26 Å². The van der Waals surface area contributed by atoms with E-state index in [-0.39, 0.29) is 5.56 Å². The molecule has 0 aliphatic rings. The topological polar surface area (TPSA) is 23.8 Å². The van der Waals surface area contributed by atoms with Crippen LogP contribution in [-0.2, 0) is 6.42 Å². The van der Waals surface area contributed by atoms with Gasteiger partial charge in [-0.25, -0.2) is 8.78 Å². The summed E-state index contributed by atoms with van der Waals surface area (Å²) in [4.78, 5) is 0. The lowest BCUT2D eigenvalue weighted by Crippen LogP contribution is -1.96. The van der Waals surface area contributed by atoms with Crippen LogP contribution in [0, 0.1) is 11.3 Å². The minimum atomic E-state index is -2.50. The number of nitrogens with zero attached hydrogens (tertiary/aromatic N) is 1. The Morgan fingerprint density at radius 2 is 2.15 bits per heavy atom. The van der Waals surface area contributed by atoms with Crippen molar-refractivity contribution in [3.05, 3.63) is 34.9 Å². The third-order valence-electron chi connectivity index (χ3n) is 1.92. The largest absolute Gasteiger partial charge is 0.264 e. The van der Waals surface area contributed by atoms with E-state index in [1.165, 1.54) is 12.1 Å². The summed E-state index contributed by atoms with van der Waals surface area (Å²) in [5.41, 5.74) is 0.779. The maximum atomic E-state index is 12.4. The summed E-state index contributed by atoms with van der Waals surface area (Å²) in [5.74, 6) is 0. The van der Waals surface area contributed by atoms with Crippen LogP contribution in [0.2, 0.25) is 0 Å². The molecule has 1 rings (SSSR count). The van der Waals surface area contributed by atoms with Gasteiger partial charge in [0.2, 0.25) is 0 Å². The molecule has 1 nitrogen and oxygen atoms in total. The van der Waals surface area contributed by atoms with Gasteiger partial charge in [0, 0.05) is 5.56 Å². The Bertz CT molecular complexity index is 339. The molecule has 0 unspecified atom stereocenters. The normalized spacial score (nSPS) is 10.1. The van der Waals surface area contributed by atoms with Crippen molar-refractivity contribution in [1.29, 1.82) is 5.26 Å². The van der Waals surface area contributed by atoms with Gasteiger partial charge in [-0.3, -0.25) is 0 Å². The Kier molecular flexibility index (Phi) is 2.97. The second-order valence-corrected chi connectivity index (χ2v) is 2.64. The Hall–Kier alpha value is -1.43. The summed E-state index contributed by atoms with van der Waals surface area (Å²) in [5, 5.41) is 8.66. The van der Waals surface area contributed by atoms with Crippen LogP contribution >= 0.6 is 0 Å². The summed E-state index contributed by atoms with van der Waals surface area (Å²) < 4.78 is 24.8. The SMILES string of the molecule is CCc1c(C#N)cccc1C(F)F. The summed E-state index contributed by atoms with van der Waals surface area (Å²) >= 11 is 0. The van der Waals surface area contributed by atoms with Gasteiger partial charge >= 0.3 is 0 Å². The number of hydrogen-bond acceptors (Lipinski definition) is 1. The highest BCUT2D eigenvalue weighted by molar-refractivity contribution is 5.43. The van der Waals surface area contributed by atoms with Gasteiger partial charge in [-0.05, 0) is 18.1 Å². The molecule has 0 saturated heterocycles. The van der Waals surface area contributed by atoms with E-state index in [0.29, 0.717) is 17.5 Å². The van der Waals surface area contributed by atoms with Crippen LogP contribution in [0.5, 0.6) is 0 Å². The van der Waals surface area contributed by atoms with Crippen molar-refractivity contribution >= 4 is 0 Å². The third kappa shape index (κ3) is 1.83. The number of alkyl halides is 2. The van der Waals surface area contributed by atoms with Crippen molar-refractivity contribution in [3.8, 4) is 6.07 Å². The molecule has 0 amide bonds. The summed E-state index contributed by atoms with van der Waals surface area (Å²) in [6.07, 6.45) is -2.04. The second kappa shape index (κ2) is 3.99. The van der Waals surface area contributed by atoms with E-state index in [9.17, 15) is 8.78 Å². The number of rotatable bonds is 2. The van der Waals surface area contributed by atoms with E-state index in [1.54, 1.807) is 13.0 Å². The van der Waals surface area contributed by atoms with Gasteiger partial charge in [0.1, 0.15) is 0 Å². The molecule has 0 bridgehead atoms. The van der Waals surface area contributed by atoms with Crippen LogP contribution in [0.3, 0.4) is 0 Å². The molecule has 0 fully saturated rings. The number of benzene rings is 1. The zero-order chi connectivity index (χ0) is 9.84. The maximum absolute atomic E-state index is 12.4. The molecule has 0 heterocycles. The first-order valence-corrected chi connectivity index (χ1v) is 4.00. The van der Waals surface area contributed by atoms with Gasteiger partial charge in [-0.15, -0.1) is 0 Å². The van der Waals surface area contributed by atoms with Gasteiger partial charge < -0.3 is 0 Å². The molecule has 1 aromatic rings. The highest BCUT2D eigenvalue weighted by Crippen LogP contribution is 2.25. The molecule has 0 aromatic heterocycles. The molecule has 0 aliphatic heterocycles. The summed E-state index contributed by atoms with van der Waals surface area (Å²) in [7, 11) is 0. The lowest BCUT2D eigenvalue weighted by atomic mass is 10.00. The maximum Gasteiger partial charge on any atom is 0.264 e. The van der Waals surface area contributed by atoms with E-state index in [0.717, 1.165) is 0 Å². The van der Waals surface area contributed by atoms with Crippen LogP contribution in [0.4, 0.5) is 8.78 Å². The molecule has 1 aromatic carbocycles. The molecule has 13 heavy (non-hydrogen) atoms. The fraction of sp³-hybridized carbons (Fsp3) is 0.300. The van der Waals surface area contributed by atoms with Crippen LogP contribution in [-0.4, -0.2) is 0 Å². The molecule has 0 saturated carbocycles. The van der Waals surface area contributed by atoms with Gasteiger partial charge in [0.25, 0.3) is 6.43 Å². The monoisotopic (exact) mass is 181 g/mol. The molecule has 0 aliphatic carbocycles. The first-order valence-electron chi connectivity index (χ1n) is 4.00. The average molecular weight is 181 g/mol. The fourth-order valence-electron chi connectivity index (χ4n) is 1.31. The van der Waals surface area contributed by atoms with E-state index in [1.807, 2.05) is 6.07 Å². The predicted molar refractivity (Wildman–Crippen MR) is 45.5 cm³/mol. The van der Waals surface area contributed by atoms with Crippen molar-refractivity contribution in [2.24, 2.45) is 0 Å². The van der Waals surface area contributed by atoms with E-state index in [4.69, 9.17) is 5.26 Å². The Labute approximate surface area is 75.6 Å². The third-order valence-corrected chi connectivity index (χ3v) is 1.92. The lowest BCUT2D eigenvalue weighted by Gasteiger charge is -2.07. The fourth-order valence-corrected chi connectivity index (χ4v) is 1.31. The van der Waals surface area contributed by atoms with Gasteiger partial charge in [-0.1, -0.05) is 19.1 Å². The molecular weight excluding hydrogens is 172 g/mol. The van der Waals surface area contributed by atoms with Crippen molar-refractivity contribution in [2.75, 3.05) is 0 Å². The molecule has 0 spiro atoms. The summed E-state index contributed by atoms with van der Waals surface area (Å²) in [6, 6.07) is 6.32. The van der Waals surface area contributed by atoms with Crippen LogP contribution in [0.15, 0.2) is 18.2 Å². The molecule has 0 N–H and O–H groups in total. The molecule has 68 valence electrons. The first kappa shape index (κ1) is 9.66. The predicted octanol–water partition coefficient (Wildman–Crippen LogP) is 3.06. The average Bonchev–Trinajstić information content (AvgIpc) is 2.16. The van der Waals surface area contributed by atoms with Crippen LogP contribution in [0.25, 0.3) is 0 Å². The van der Waals surface area contributed by atoms with E-state index >= 15 is 0 Å². The summed E-state index contributed by atoms with van der Waals surface area (Å²) in [6.45, 7) is 1.77.